The third-order valence-electron chi connectivity index (χ3n) is 1.41. The molecule has 0 aliphatic rings. The van der Waals surface area contributed by atoms with E-state index in [0.29, 0.717) is 12.0 Å². The monoisotopic (exact) mass is 235 g/mol. The topological polar surface area (TPSA) is 97.5 Å². The molecule has 1 N–H and O–H groups in total. The standard InChI is InChI=1S/C8H13NO5S/c1-8(7-15(12,13)14)5-3-2-4-6-9(10)11/h2-3,5H,4,6-7H2,1H3,(H,12,13,14)/b3-2-,8-5+. The lowest BCUT2D eigenvalue weighted by molar-refractivity contribution is -0.478. The summed E-state index contributed by atoms with van der Waals surface area (Å²) < 4.78 is 29.3. The lowest BCUT2D eigenvalue weighted by Crippen LogP contribution is -2.04. The minimum Gasteiger partial charge on any atom is -0.285 e. The van der Waals surface area contributed by atoms with E-state index in [2.05, 4.69) is 0 Å². The van der Waals surface area contributed by atoms with E-state index in [-0.39, 0.29) is 6.54 Å². The van der Waals surface area contributed by atoms with E-state index in [1.54, 1.807) is 13.0 Å². The highest BCUT2D eigenvalue weighted by molar-refractivity contribution is 7.85. The van der Waals surface area contributed by atoms with E-state index in [9.17, 15) is 18.5 Å². The molecule has 0 aromatic carbocycles. The molecule has 0 radical (unpaired) electrons. The fourth-order valence-electron chi connectivity index (χ4n) is 0.844. The second-order valence-corrected chi connectivity index (χ2v) is 4.46. The Labute approximate surface area is 88.2 Å². The molecule has 7 heteroatoms. The Morgan fingerprint density at radius 3 is 2.60 bits per heavy atom. The first-order valence-corrected chi connectivity index (χ1v) is 5.81. The van der Waals surface area contributed by atoms with E-state index in [1.807, 2.05) is 0 Å². The minimum atomic E-state index is -3.99. The van der Waals surface area contributed by atoms with Crippen LogP contribution < -0.4 is 0 Å². The summed E-state index contributed by atoms with van der Waals surface area (Å²) in [7, 11) is -3.99. The second kappa shape index (κ2) is 6.31. The van der Waals surface area contributed by atoms with Gasteiger partial charge in [0.15, 0.2) is 0 Å². The molecule has 0 aromatic rings. The van der Waals surface area contributed by atoms with Crippen LogP contribution in [0.4, 0.5) is 0 Å². The SMILES string of the molecule is C/C(=C\C=C/CC[N+](=O)[O-])CS(=O)(=O)O. The van der Waals surface area contributed by atoms with Crippen molar-refractivity contribution in [1.82, 2.24) is 0 Å². The summed E-state index contributed by atoms with van der Waals surface area (Å²) in [6.45, 7) is 1.40. The van der Waals surface area contributed by atoms with Gasteiger partial charge in [-0.2, -0.15) is 8.42 Å². The first-order valence-electron chi connectivity index (χ1n) is 4.20. The van der Waals surface area contributed by atoms with E-state index < -0.39 is 20.8 Å². The normalized spacial score (nSPS) is 13.3. The van der Waals surface area contributed by atoms with E-state index in [1.165, 1.54) is 12.2 Å². The lowest BCUT2D eigenvalue weighted by atomic mass is 10.3. The summed E-state index contributed by atoms with van der Waals surface area (Å²) in [6.07, 6.45) is 4.89. The van der Waals surface area contributed by atoms with Crippen LogP contribution in [-0.4, -0.2) is 30.2 Å². The van der Waals surface area contributed by atoms with Crippen molar-refractivity contribution in [1.29, 1.82) is 0 Å². The van der Waals surface area contributed by atoms with Gasteiger partial charge in [0.05, 0.1) is 5.75 Å². The second-order valence-electron chi connectivity index (χ2n) is 3.01. The Hall–Kier alpha value is -1.21. The third kappa shape index (κ3) is 10.7. The first-order chi connectivity index (χ1) is 6.81. The van der Waals surface area contributed by atoms with E-state index >= 15 is 0 Å². The van der Waals surface area contributed by atoms with Gasteiger partial charge in [-0.3, -0.25) is 14.7 Å². The summed E-state index contributed by atoms with van der Waals surface area (Å²) in [5.74, 6) is -0.424. The zero-order valence-corrected chi connectivity index (χ0v) is 9.11. The maximum atomic E-state index is 10.4. The van der Waals surface area contributed by atoms with Gasteiger partial charge in [0.1, 0.15) is 0 Å². The molecule has 0 saturated heterocycles. The Morgan fingerprint density at radius 2 is 2.13 bits per heavy atom. The molecule has 0 atom stereocenters. The predicted molar refractivity (Wildman–Crippen MR) is 55.8 cm³/mol. The fourth-order valence-corrected chi connectivity index (χ4v) is 1.52. The maximum Gasteiger partial charge on any atom is 0.268 e. The van der Waals surface area contributed by atoms with Gasteiger partial charge >= 0.3 is 0 Å². The van der Waals surface area contributed by atoms with E-state index in [0.717, 1.165) is 0 Å². The molecule has 0 bridgehead atoms. The van der Waals surface area contributed by atoms with Crippen LogP contribution in [0.2, 0.25) is 0 Å². The molecule has 0 fully saturated rings. The molecule has 86 valence electrons. The van der Waals surface area contributed by atoms with Crippen molar-refractivity contribution < 1.29 is 17.9 Å². The number of rotatable bonds is 6. The first kappa shape index (κ1) is 13.8. The zero-order valence-electron chi connectivity index (χ0n) is 8.29. The largest absolute Gasteiger partial charge is 0.285 e. The van der Waals surface area contributed by atoms with Crippen LogP contribution in [0, 0.1) is 10.1 Å². The Balaban J connectivity index is 4.00. The molecular formula is C8H13NO5S. The molecule has 6 nitrogen and oxygen atoms in total. The van der Waals surface area contributed by atoms with Crippen LogP contribution >= 0.6 is 0 Å². The molecular weight excluding hydrogens is 222 g/mol. The maximum absolute atomic E-state index is 10.4. The van der Waals surface area contributed by atoms with Crippen LogP contribution in [0.25, 0.3) is 0 Å². The molecule has 0 spiro atoms. The smallest absolute Gasteiger partial charge is 0.268 e. The minimum absolute atomic E-state index is 0.151. The summed E-state index contributed by atoms with van der Waals surface area (Å²) in [5.41, 5.74) is 0.467. The molecule has 15 heavy (non-hydrogen) atoms. The molecule has 0 amide bonds. The lowest BCUT2D eigenvalue weighted by Gasteiger charge is -1.94. The number of nitrogens with zero attached hydrogens (tertiary/aromatic N) is 1. The number of nitro groups is 1. The van der Waals surface area contributed by atoms with Crippen LogP contribution in [0.1, 0.15) is 13.3 Å². The Kier molecular flexibility index (Phi) is 5.80. The van der Waals surface area contributed by atoms with Crippen LogP contribution in [-0.2, 0) is 10.1 Å². The van der Waals surface area contributed by atoms with Gasteiger partial charge in [-0.25, -0.2) is 0 Å². The summed E-state index contributed by atoms with van der Waals surface area (Å²) in [4.78, 5) is 9.50. The van der Waals surface area contributed by atoms with Gasteiger partial charge < -0.3 is 0 Å². The number of hydrogen-bond acceptors (Lipinski definition) is 4. The van der Waals surface area contributed by atoms with Crippen LogP contribution in [0.5, 0.6) is 0 Å². The average molecular weight is 235 g/mol. The quantitative estimate of drug-likeness (QED) is 0.321. The van der Waals surface area contributed by atoms with Gasteiger partial charge in [-0.05, 0) is 6.92 Å². The van der Waals surface area contributed by atoms with Crippen LogP contribution in [0.15, 0.2) is 23.8 Å². The van der Waals surface area contributed by atoms with Crippen molar-refractivity contribution in [2.75, 3.05) is 12.3 Å². The molecule has 0 aliphatic heterocycles. The number of allylic oxidation sites excluding steroid dienone is 2. The summed E-state index contributed by atoms with van der Waals surface area (Å²) in [5, 5.41) is 9.93. The Morgan fingerprint density at radius 1 is 1.53 bits per heavy atom. The summed E-state index contributed by atoms with van der Waals surface area (Å²) >= 11 is 0. The molecule has 0 unspecified atom stereocenters. The number of hydrogen-bond donors (Lipinski definition) is 1. The molecule has 0 rings (SSSR count). The molecule has 0 heterocycles. The van der Waals surface area contributed by atoms with Gasteiger partial charge in [-0.15, -0.1) is 0 Å². The fraction of sp³-hybridized carbons (Fsp3) is 0.500. The van der Waals surface area contributed by atoms with Crippen molar-refractivity contribution >= 4 is 10.1 Å². The van der Waals surface area contributed by atoms with Crippen LogP contribution in [0.3, 0.4) is 0 Å². The highest BCUT2D eigenvalue weighted by Crippen LogP contribution is 1.98. The van der Waals surface area contributed by atoms with Crippen molar-refractivity contribution in [3.05, 3.63) is 33.9 Å². The molecule has 0 saturated carbocycles. The van der Waals surface area contributed by atoms with Crippen molar-refractivity contribution in [2.45, 2.75) is 13.3 Å². The van der Waals surface area contributed by atoms with Gasteiger partial charge in [-0.1, -0.05) is 23.8 Å². The average Bonchev–Trinajstić information content (AvgIpc) is 1.99. The van der Waals surface area contributed by atoms with Gasteiger partial charge in [0.2, 0.25) is 6.54 Å². The van der Waals surface area contributed by atoms with Crippen molar-refractivity contribution in [3.63, 3.8) is 0 Å². The van der Waals surface area contributed by atoms with Crippen molar-refractivity contribution in [2.24, 2.45) is 0 Å². The van der Waals surface area contributed by atoms with Gasteiger partial charge in [0, 0.05) is 11.3 Å². The Bertz CT molecular complexity index is 368. The highest BCUT2D eigenvalue weighted by atomic mass is 32.2. The molecule has 0 aromatic heterocycles. The van der Waals surface area contributed by atoms with Gasteiger partial charge in [0.25, 0.3) is 10.1 Å². The van der Waals surface area contributed by atoms with Crippen molar-refractivity contribution in [3.8, 4) is 0 Å². The molecule has 0 aliphatic carbocycles. The third-order valence-corrected chi connectivity index (χ3v) is 2.23. The predicted octanol–water partition coefficient (Wildman–Crippen LogP) is 1.04. The summed E-state index contributed by atoms with van der Waals surface area (Å²) in [6, 6.07) is 0. The zero-order chi connectivity index (χ0) is 11.9. The van der Waals surface area contributed by atoms with E-state index in [4.69, 9.17) is 4.55 Å². The highest BCUT2D eigenvalue weighted by Gasteiger charge is 2.03.